The van der Waals surface area contributed by atoms with Crippen molar-refractivity contribution in [2.75, 3.05) is 26.7 Å². The molecule has 0 aliphatic carbocycles. The third kappa shape index (κ3) is 4.26. The van der Waals surface area contributed by atoms with Crippen LogP contribution in [0.3, 0.4) is 0 Å². The zero-order valence-electron chi connectivity index (χ0n) is 11.6. The van der Waals surface area contributed by atoms with E-state index < -0.39 is 0 Å². The van der Waals surface area contributed by atoms with E-state index in [-0.39, 0.29) is 11.9 Å². The summed E-state index contributed by atoms with van der Waals surface area (Å²) in [6.45, 7) is 5.35. The molecule has 1 saturated heterocycles. The molecule has 0 spiro atoms. The molecular weight excluding hydrogens is 307 g/mol. The van der Waals surface area contributed by atoms with E-state index in [2.05, 4.69) is 33.2 Å². The molecule has 4 heteroatoms. The lowest BCUT2D eigenvalue weighted by Crippen LogP contribution is -2.35. The molecule has 0 saturated carbocycles. The number of nitrogens with one attached hydrogen (secondary N) is 1. The van der Waals surface area contributed by atoms with Gasteiger partial charge in [-0.05, 0) is 70.6 Å². The van der Waals surface area contributed by atoms with E-state index in [0.717, 1.165) is 16.6 Å². The molecule has 2 nitrogen and oxygen atoms in total. The van der Waals surface area contributed by atoms with Crippen molar-refractivity contribution in [2.24, 2.45) is 5.92 Å². The Balaban J connectivity index is 1.87. The first-order valence-electron chi connectivity index (χ1n) is 6.93. The lowest BCUT2D eigenvalue weighted by Gasteiger charge is -2.30. The number of benzene rings is 1. The van der Waals surface area contributed by atoms with Crippen molar-refractivity contribution in [3.63, 3.8) is 0 Å². The molecule has 19 heavy (non-hydrogen) atoms. The third-order valence-electron chi connectivity index (χ3n) is 3.98. The second kappa shape index (κ2) is 6.82. The molecule has 1 N–H and O–H groups in total. The van der Waals surface area contributed by atoms with Gasteiger partial charge < -0.3 is 10.2 Å². The minimum absolute atomic E-state index is 0.0529. The third-order valence-corrected chi connectivity index (χ3v) is 4.47. The fraction of sp³-hybridized carbons (Fsp3) is 0.600. The van der Waals surface area contributed by atoms with Crippen LogP contribution in [0, 0.1) is 11.7 Å². The van der Waals surface area contributed by atoms with Gasteiger partial charge in [-0.1, -0.05) is 15.9 Å². The Morgan fingerprint density at radius 3 is 2.79 bits per heavy atom. The van der Waals surface area contributed by atoms with Crippen LogP contribution < -0.4 is 5.32 Å². The molecule has 1 unspecified atom stereocenters. The van der Waals surface area contributed by atoms with E-state index in [1.807, 2.05) is 13.0 Å². The highest BCUT2D eigenvalue weighted by Gasteiger charge is 2.18. The lowest BCUT2D eigenvalue weighted by molar-refractivity contribution is 0.213. The average Bonchev–Trinajstić information content (AvgIpc) is 2.40. The second-order valence-corrected chi connectivity index (χ2v) is 6.46. The minimum atomic E-state index is -0.133. The summed E-state index contributed by atoms with van der Waals surface area (Å²) >= 11 is 3.40. The Morgan fingerprint density at radius 1 is 1.42 bits per heavy atom. The van der Waals surface area contributed by atoms with Crippen LogP contribution in [-0.2, 0) is 0 Å². The van der Waals surface area contributed by atoms with Crippen LogP contribution in [0.25, 0.3) is 0 Å². The highest BCUT2D eigenvalue weighted by Crippen LogP contribution is 2.22. The van der Waals surface area contributed by atoms with Gasteiger partial charge in [-0.25, -0.2) is 4.39 Å². The Morgan fingerprint density at radius 2 is 2.11 bits per heavy atom. The highest BCUT2D eigenvalue weighted by molar-refractivity contribution is 9.10. The van der Waals surface area contributed by atoms with Gasteiger partial charge in [0.05, 0.1) is 0 Å². The van der Waals surface area contributed by atoms with Crippen LogP contribution in [0.4, 0.5) is 4.39 Å². The summed E-state index contributed by atoms with van der Waals surface area (Å²) in [5.41, 5.74) is 0.738. The smallest absolute Gasteiger partial charge is 0.128 e. The number of halogens is 2. The molecular formula is C15H22BrFN2. The van der Waals surface area contributed by atoms with Crippen molar-refractivity contribution in [3.05, 3.63) is 34.1 Å². The zero-order chi connectivity index (χ0) is 13.8. The molecule has 1 atom stereocenters. The van der Waals surface area contributed by atoms with Crippen molar-refractivity contribution < 1.29 is 4.39 Å². The normalized spacial score (nSPS) is 19.6. The Kier molecular flexibility index (Phi) is 5.37. The largest absolute Gasteiger partial charge is 0.310 e. The summed E-state index contributed by atoms with van der Waals surface area (Å²) in [6.07, 6.45) is 2.47. The minimum Gasteiger partial charge on any atom is -0.310 e. The number of likely N-dealkylation sites (tertiary alicyclic amines) is 1. The maximum Gasteiger partial charge on any atom is 0.128 e. The van der Waals surface area contributed by atoms with Gasteiger partial charge in [0.25, 0.3) is 0 Å². The van der Waals surface area contributed by atoms with Crippen LogP contribution in [0.15, 0.2) is 22.7 Å². The summed E-state index contributed by atoms with van der Waals surface area (Å²) in [4.78, 5) is 2.37. The first-order valence-corrected chi connectivity index (χ1v) is 7.72. The van der Waals surface area contributed by atoms with Gasteiger partial charge in [-0.2, -0.15) is 0 Å². The fourth-order valence-corrected chi connectivity index (χ4v) is 2.94. The summed E-state index contributed by atoms with van der Waals surface area (Å²) in [6, 6.07) is 5.18. The molecule has 1 aromatic rings. The predicted molar refractivity (Wildman–Crippen MR) is 80.7 cm³/mol. The molecule has 1 aromatic carbocycles. The van der Waals surface area contributed by atoms with Gasteiger partial charge in [0.15, 0.2) is 0 Å². The molecule has 1 aliphatic rings. The zero-order valence-corrected chi connectivity index (χ0v) is 13.2. The lowest BCUT2D eigenvalue weighted by atomic mass is 9.96. The second-order valence-electron chi connectivity index (χ2n) is 5.54. The number of piperidine rings is 1. The van der Waals surface area contributed by atoms with E-state index in [1.165, 1.54) is 32.0 Å². The highest BCUT2D eigenvalue weighted by atomic mass is 79.9. The van der Waals surface area contributed by atoms with Crippen LogP contribution >= 0.6 is 15.9 Å². The summed E-state index contributed by atoms with van der Waals surface area (Å²) in [5, 5.41) is 3.47. The fourth-order valence-electron chi connectivity index (χ4n) is 2.57. The van der Waals surface area contributed by atoms with Gasteiger partial charge in [-0.15, -0.1) is 0 Å². The first-order chi connectivity index (χ1) is 9.06. The quantitative estimate of drug-likeness (QED) is 0.908. The predicted octanol–water partition coefficient (Wildman–Crippen LogP) is 3.58. The standard InChI is InChI=1S/C15H22BrFN2/c1-11(14-9-13(16)3-4-15(14)17)18-10-12-5-7-19(2)8-6-12/h3-4,9,11-12,18H,5-8,10H2,1-2H3. The SMILES string of the molecule is CC(NCC1CCN(C)CC1)c1cc(Br)ccc1F. The van der Waals surface area contributed by atoms with Crippen molar-refractivity contribution in [1.29, 1.82) is 0 Å². The van der Waals surface area contributed by atoms with Crippen LogP contribution in [0.2, 0.25) is 0 Å². The maximum absolute atomic E-state index is 13.8. The van der Waals surface area contributed by atoms with Crippen LogP contribution in [0.1, 0.15) is 31.4 Å². The number of hydrogen-bond donors (Lipinski definition) is 1. The Hall–Kier alpha value is -0.450. The van der Waals surface area contributed by atoms with Gasteiger partial charge in [0.2, 0.25) is 0 Å². The van der Waals surface area contributed by atoms with E-state index in [9.17, 15) is 4.39 Å². The van der Waals surface area contributed by atoms with Crippen molar-refractivity contribution in [2.45, 2.75) is 25.8 Å². The molecule has 1 heterocycles. The molecule has 106 valence electrons. The summed E-state index contributed by atoms with van der Waals surface area (Å²) in [5.74, 6) is 0.584. The van der Waals surface area contributed by atoms with Gasteiger partial charge in [0, 0.05) is 16.1 Å². The molecule has 1 fully saturated rings. The number of hydrogen-bond acceptors (Lipinski definition) is 2. The van der Waals surface area contributed by atoms with E-state index in [0.29, 0.717) is 5.92 Å². The van der Waals surface area contributed by atoms with Gasteiger partial charge in [0.1, 0.15) is 5.82 Å². The molecule has 0 bridgehead atoms. The van der Waals surface area contributed by atoms with E-state index in [1.54, 1.807) is 6.07 Å². The number of nitrogens with zero attached hydrogens (tertiary/aromatic N) is 1. The van der Waals surface area contributed by atoms with Crippen molar-refractivity contribution in [1.82, 2.24) is 10.2 Å². The average molecular weight is 329 g/mol. The van der Waals surface area contributed by atoms with Gasteiger partial charge in [-0.3, -0.25) is 0 Å². The topological polar surface area (TPSA) is 15.3 Å². The van der Waals surface area contributed by atoms with Crippen LogP contribution in [-0.4, -0.2) is 31.6 Å². The monoisotopic (exact) mass is 328 g/mol. The van der Waals surface area contributed by atoms with Crippen molar-refractivity contribution >= 4 is 15.9 Å². The molecule has 0 aromatic heterocycles. The number of rotatable bonds is 4. The molecule has 0 radical (unpaired) electrons. The first kappa shape index (κ1) is 14.9. The Bertz CT molecular complexity index is 417. The van der Waals surface area contributed by atoms with E-state index in [4.69, 9.17) is 0 Å². The van der Waals surface area contributed by atoms with Crippen molar-refractivity contribution in [3.8, 4) is 0 Å². The molecule has 2 rings (SSSR count). The summed E-state index contributed by atoms with van der Waals surface area (Å²) in [7, 11) is 2.17. The summed E-state index contributed by atoms with van der Waals surface area (Å²) < 4.78 is 14.7. The molecule has 0 amide bonds. The van der Waals surface area contributed by atoms with E-state index >= 15 is 0 Å². The Labute approximate surface area is 123 Å². The van der Waals surface area contributed by atoms with Gasteiger partial charge >= 0.3 is 0 Å². The molecule has 1 aliphatic heterocycles. The maximum atomic E-state index is 13.8. The van der Waals surface area contributed by atoms with Crippen LogP contribution in [0.5, 0.6) is 0 Å².